The summed E-state index contributed by atoms with van der Waals surface area (Å²) in [4.78, 5) is 4.20. The van der Waals surface area contributed by atoms with Gasteiger partial charge < -0.3 is 19.8 Å². The topological polar surface area (TPSA) is 58.8 Å². The molecule has 0 saturated carbocycles. The van der Waals surface area contributed by atoms with Crippen LogP contribution in [0.25, 0.3) is 0 Å². The molecule has 0 spiro atoms. The van der Waals surface area contributed by atoms with Crippen LogP contribution in [0.2, 0.25) is 0 Å². The minimum absolute atomic E-state index is 0. The maximum absolute atomic E-state index is 5.52. The molecule has 128 valence electrons. The van der Waals surface area contributed by atoms with E-state index in [-0.39, 0.29) is 24.0 Å². The van der Waals surface area contributed by atoms with Gasteiger partial charge in [0.1, 0.15) is 12.4 Å². The van der Waals surface area contributed by atoms with Gasteiger partial charge in [-0.2, -0.15) is 0 Å². The number of guanidine groups is 1. The standard InChI is InChI=1S/C16H29N3O2.HI/c1-3-4-5-6-10-18-16(17-2)19-11-8-12-20-14-15-9-7-13-21-15;/h7,9,13H,3-6,8,10-12,14H2,1-2H3,(H2,17,18,19);1H. The van der Waals surface area contributed by atoms with Crippen molar-refractivity contribution in [3.63, 3.8) is 0 Å². The van der Waals surface area contributed by atoms with Crippen LogP contribution in [0.15, 0.2) is 27.8 Å². The van der Waals surface area contributed by atoms with E-state index in [0.29, 0.717) is 13.2 Å². The predicted octanol–water partition coefficient (Wildman–Crippen LogP) is 3.55. The van der Waals surface area contributed by atoms with Crippen molar-refractivity contribution < 1.29 is 9.15 Å². The van der Waals surface area contributed by atoms with Gasteiger partial charge >= 0.3 is 0 Å². The summed E-state index contributed by atoms with van der Waals surface area (Å²) < 4.78 is 10.7. The van der Waals surface area contributed by atoms with Gasteiger partial charge in [-0.15, -0.1) is 24.0 Å². The van der Waals surface area contributed by atoms with Crippen LogP contribution >= 0.6 is 24.0 Å². The van der Waals surface area contributed by atoms with Gasteiger partial charge in [-0.25, -0.2) is 0 Å². The van der Waals surface area contributed by atoms with E-state index in [0.717, 1.165) is 31.2 Å². The van der Waals surface area contributed by atoms with Gasteiger partial charge in [0, 0.05) is 26.7 Å². The molecule has 2 N–H and O–H groups in total. The number of unbranched alkanes of at least 4 members (excludes halogenated alkanes) is 3. The van der Waals surface area contributed by atoms with E-state index in [9.17, 15) is 0 Å². The molecule has 0 unspecified atom stereocenters. The fraction of sp³-hybridized carbons (Fsp3) is 0.688. The molecule has 0 aromatic carbocycles. The van der Waals surface area contributed by atoms with Crippen molar-refractivity contribution in [2.45, 2.75) is 45.6 Å². The zero-order valence-electron chi connectivity index (χ0n) is 13.8. The van der Waals surface area contributed by atoms with Gasteiger partial charge in [-0.3, -0.25) is 4.99 Å². The molecule has 6 heteroatoms. The van der Waals surface area contributed by atoms with Crippen molar-refractivity contribution in [3.8, 4) is 0 Å². The van der Waals surface area contributed by atoms with E-state index in [4.69, 9.17) is 9.15 Å². The zero-order chi connectivity index (χ0) is 15.2. The first-order valence-corrected chi connectivity index (χ1v) is 7.91. The third-order valence-electron chi connectivity index (χ3n) is 3.13. The lowest BCUT2D eigenvalue weighted by Gasteiger charge is -2.11. The summed E-state index contributed by atoms with van der Waals surface area (Å²) >= 11 is 0. The minimum Gasteiger partial charge on any atom is -0.467 e. The summed E-state index contributed by atoms with van der Waals surface area (Å²) in [7, 11) is 1.80. The van der Waals surface area contributed by atoms with Crippen LogP contribution in [0.1, 0.15) is 44.8 Å². The van der Waals surface area contributed by atoms with Crippen LogP contribution < -0.4 is 10.6 Å². The molecule has 1 aromatic rings. The molecule has 0 fully saturated rings. The lowest BCUT2D eigenvalue weighted by Crippen LogP contribution is -2.38. The highest BCUT2D eigenvalue weighted by Gasteiger charge is 1.98. The first-order valence-electron chi connectivity index (χ1n) is 7.91. The Hall–Kier alpha value is -0.760. The Balaban J connectivity index is 0.00000441. The average Bonchev–Trinajstić information content (AvgIpc) is 3.01. The van der Waals surface area contributed by atoms with Gasteiger partial charge in [0.05, 0.1) is 6.26 Å². The maximum Gasteiger partial charge on any atom is 0.190 e. The Bertz CT molecular complexity index is 369. The van der Waals surface area contributed by atoms with Gasteiger partial charge in [0.2, 0.25) is 0 Å². The lowest BCUT2D eigenvalue weighted by molar-refractivity contribution is 0.105. The highest BCUT2D eigenvalue weighted by Crippen LogP contribution is 2.01. The van der Waals surface area contributed by atoms with Gasteiger partial charge in [0.25, 0.3) is 0 Å². The molecule has 0 radical (unpaired) electrons. The normalized spacial score (nSPS) is 11.1. The second kappa shape index (κ2) is 15.1. The number of halogens is 1. The van der Waals surface area contributed by atoms with Gasteiger partial charge in [0.15, 0.2) is 5.96 Å². The molecule has 1 heterocycles. The van der Waals surface area contributed by atoms with Crippen molar-refractivity contribution in [1.29, 1.82) is 0 Å². The van der Waals surface area contributed by atoms with E-state index >= 15 is 0 Å². The molecule has 0 atom stereocenters. The van der Waals surface area contributed by atoms with E-state index in [1.54, 1.807) is 13.3 Å². The third-order valence-corrected chi connectivity index (χ3v) is 3.13. The Labute approximate surface area is 151 Å². The third kappa shape index (κ3) is 10.9. The SMILES string of the molecule is CCCCCCNC(=NC)NCCCOCc1ccco1.I. The van der Waals surface area contributed by atoms with Crippen LogP contribution in [0.4, 0.5) is 0 Å². The summed E-state index contributed by atoms with van der Waals surface area (Å²) in [5.74, 6) is 1.74. The fourth-order valence-electron chi connectivity index (χ4n) is 1.93. The predicted molar refractivity (Wildman–Crippen MR) is 102 cm³/mol. The molecule has 1 aromatic heterocycles. The van der Waals surface area contributed by atoms with Crippen molar-refractivity contribution in [2.24, 2.45) is 4.99 Å². The molecule has 0 aliphatic rings. The molecule has 0 aliphatic carbocycles. The smallest absolute Gasteiger partial charge is 0.190 e. The molecular weight excluding hydrogens is 393 g/mol. The lowest BCUT2D eigenvalue weighted by atomic mass is 10.2. The number of hydrogen-bond donors (Lipinski definition) is 2. The fourth-order valence-corrected chi connectivity index (χ4v) is 1.93. The highest BCUT2D eigenvalue weighted by molar-refractivity contribution is 14.0. The van der Waals surface area contributed by atoms with Crippen LogP contribution in [0.3, 0.4) is 0 Å². The van der Waals surface area contributed by atoms with Crippen LogP contribution in [-0.2, 0) is 11.3 Å². The molecule has 5 nitrogen and oxygen atoms in total. The number of ether oxygens (including phenoxy) is 1. The monoisotopic (exact) mass is 423 g/mol. The summed E-state index contributed by atoms with van der Waals surface area (Å²) in [6, 6.07) is 3.79. The Morgan fingerprint density at radius 1 is 1.18 bits per heavy atom. The van der Waals surface area contributed by atoms with Crippen LogP contribution in [0, 0.1) is 0 Å². The zero-order valence-corrected chi connectivity index (χ0v) is 16.1. The van der Waals surface area contributed by atoms with Crippen LogP contribution in [-0.4, -0.2) is 32.7 Å². The minimum atomic E-state index is 0. The van der Waals surface area contributed by atoms with E-state index in [1.807, 2.05) is 12.1 Å². The van der Waals surface area contributed by atoms with E-state index in [2.05, 4.69) is 22.5 Å². The molecule has 0 amide bonds. The molecule has 0 saturated heterocycles. The number of furan rings is 1. The van der Waals surface area contributed by atoms with E-state index < -0.39 is 0 Å². The van der Waals surface area contributed by atoms with Crippen LogP contribution in [0.5, 0.6) is 0 Å². The second-order valence-corrected chi connectivity index (χ2v) is 4.97. The van der Waals surface area contributed by atoms with Gasteiger partial charge in [-0.05, 0) is 25.0 Å². The quantitative estimate of drug-likeness (QED) is 0.247. The molecule has 22 heavy (non-hydrogen) atoms. The number of hydrogen-bond acceptors (Lipinski definition) is 3. The largest absolute Gasteiger partial charge is 0.467 e. The summed E-state index contributed by atoms with van der Waals surface area (Å²) in [5.41, 5.74) is 0. The molecule has 1 rings (SSSR count). The van der Waals surface area contributed by atoms with Crippen molar-refractivity contribution in [1.82, 2.24) is 10.6 Å². The number of nitrogens with one attached hydrogen (secondary N) is 2. The van der Waals surface area contributed by atoms with E-state index in [1.165, 1.54) is 25.7 Å². The molecule has 0 aliphatic heterocycles. The summed E-state index contributed by atoms with van der Waals surface area (Å²) in [5, 5.41) is 6.61. The maximum atomic E-state index is 5.52. The second-order valence-electron chi connectivity index (χ2n) is 4.97. The summed E-state index contributed by atoms with van der Waals surface area (Å²) in [6.45, 7) is 5.31. The van der Waals surface area contributed by atoms with Crippen molar-refractivity contribution in [3.05, 3.63) is 24.2 Å². The number of aliphatic imine (C=N–C) groups is 1. The molecule has 0 bridgehead atoms. The van der Waals surface area contributed by atoms with Crippen molar-refractivity contribution >= 4 is 29.9 Å². The Morgan fingerprint density at radius 2 is 1.95 bits per heavy atom. The number of nitrogens with zero attached hydrogens (tertiary/aromatic N) is 1. The number of rotatable bonds is 11. The molecular formula is C16H30IN3O2. The summed E-state index contributed by atoms with van der Waals surface area (Å²) in [6.07, 6.45) is 7.65. The Morgan fingerprint density at radius 3 is 2.59 bits per heavy atom. The average molecular weight is 423 g/mol. The Kier molecular flexibility index (Phi) is 14.6. The highest BCUT2D eigenvalue weighted by atomic mass is 127. The first kappa shape index (κ1) is 21.2. The van der Waals surface area contributed by atoms with Crippen molar-refractivity contribution in [2.75, 3.05) is 26.7 Å². The first-order chi connectivity index (χ1) is 10.4. The van der Waals surface area contributed by atoms with Gasteiger partial charge in [-0.1, -0.05) is 26.2 Å².